The van der Waals surface area contributed by atoms with Crippen LogP contribution in [0.2, 0.25) is 0 Å². The summed E-state index contributed by atoms with van der Waals surface area (Å²) in [5.41, 5.74) is 4.57. The lowest BCUT2D eigenvalue weighted by molar-refractivity contribution is -0.111. The van der Waals surface area contributed by atoms with Gasteiger partial charge in [0.1, 0.15) is 5.82 Å². The number of hydrogen-bond donors (Lipinski definition) is 1. The quantitative estimate of drug-likeness (QED) is 0.407. The molecule has 2 heterocycles. The Bertz CT molecular complexity index is 1300. The van der Waals surface area contributed by atoms with Gasteiger partial charge in [0.15, 0.2) is 0 Å². The van der Waals surface area contributed by atoms with Crippen LogP contribution in [0.1, 0.15) is 23.2 Å². The third-order valence-electron chi connectivity index (χ3n) is 5.03. The van der Waals surface area contributed by atoms with Crippen molar-refractivity contribution in [3.8, 4) is 17.3 Å². The Hall–Kier alpha value is -4.44. The summed E-state index contributed by atoms with van der Waals surface area (Å²) in [6, 6.07) is 23.9. The summed E-state index contributed by atoms with van der Waals surface area (Å²) in [5.74, 6) is 0.295. The van der Waals surface area contributed by atoms with E-state index < -0.39 is 0 Å². The van der Waals surface area contributed by atoms with Crippen LogP contribution in [0.3, 0.4) is 0 Å². The van der Waals surface area contributed by atoms with Gasteiger partial charge in [-0.3, -0.25) is 9.48 Å². The Balaban J connectivity index is 1.56. The third-order valence-corrected chi connectivity index (χ3v) is 5.03. The lowest BCUT2D eigenvalue weighted by Gasteiger charge is -2.05. The molecule has 0 saturated carbocycles. The average Bonchev–Trinajstić information content (AvgIpc) is 3.39. The van der Waals surface area contributed by atoms with Crippen molar-refractivity contribution in [3.05, 3.63) is 95.8 Å². The maximum atomic E-state index is 12.6. The number of anilines is 1. The van der Waals surface area contributed by atoms with E-state index in [1.54, 1.807) is 16.8 Å². The number of hydrogen-bond acceptors (Lipinski definition) is 4. The Labute approximate surface area is 192 Å². The second kappa shape index (κ2) is 10.2. The number of nitrogens with zero attached hydrogens (tertiary/aromatic N) is 5. The van der Waals surface area contributed by atoms with Crippen LogP contribution < -0.4 is 5.32 Å². The largest absolute Gasteiger partial charge is 0.307 e. The summed E-state index contributed by atoms with van der Waals surface area (Å²) >= 11 is 0. The number of amides is 1. The molecule has 1 amide bonds. The number of benzene rings is 2. The van der Waals surface area contributed by atoms with E-state index in [2.05, 4.69) is 28.6 Å². The standard InChI is InChI=1S/C26H24N6O/c1-20-17-24(32(29-20)16-8-15-27)28-25(33)14-13-23-19-31(18-21-9-4-2-5-10-21)30-26(23)22-11-6-3-7-12-22/h2-7,9-14,17,19H,8,16,18H2,1H3,(H,28,33)/b14-13+. The molecule has 2 aromatic heterocycles. The lowest BCUT2D eigenvalue weighted by Crippen LogP contribution is -2.13. The highest BCUT2D eigenvalue weighted by Gasteiger charge is 2.11. The second-order valence-corrected chi connectivity index (χ2v) is 7.61. The van der Waals surface area contributed by atoms with Crippen molar-refractivity contribution in [1.82, 2.24) is 19.6 Å². The average molecular weight is 437 g/mol. The van der Waals surface area contributed by atoms with Crippen LogP contribution >= 0.6 is 0 Å². The maximum absolute atomic E-state index is 12.6. The van der Waals surface area contributed by atoms with Gasteiger partial charge in [0.05, 0.1) is 37.0 Å². The summed E-state index contributed by atoms with van der Waals surface area (Å²) in [7, 11) is 0. The molecule has 2 aromatic carbocycles. The molecule has 7 heteroatoms. The van der Waals surface area contributed by atoms with Crippen LogP contribution in [0.25, 0.3) is 17.3 Å². The predicted octanol–water partition coefficient (Wildman–Crippen LogP) is 4.67. The molecule has 0 fully saturated rings. The van der Waals surface area contributed by atoms with Gasteiger partial charge in [0.25, 0.3) is 0 Å². The summed E-state index contributed by atoms with van der Waals surface area (Å²) in [6.07, 6.45) is 5.53. The van der Waals surface area contributed by atoms with E-state index in [1.165, 1.54) is 6.08 Å². The number of carbonyl (C=O) groups is 1. The van der Waals surface area contributed by atoms with Crippen LogP contribution in [0.15, 0.2) is 79.0 Å². The summed E-state index contributed by atoms with van der Waals surface area (Å²) < 4.78 is 3.52. The molecule has 1 N–H and O–H groups in total. The van der Waals surface area contributed by atoms with Gasteiger partial charge in [-0.05, 0) is 18.6 Å². The molecule has 0 unspecified atom stereocenters. The smallest absolute Gasteiger partial charge is 0.249 e. The first-order valence-corrected chi connectivity index (χ1v) is 10.7. The zero-order valence-corrected chi connectivity index (χ0v) is 18.3. The molecule has 0 saturated heterocycles. The number of aryl methyl sites for hydroxylation is 2. The molecule has 33 heavy (non-hydrogen) atoms. The first-order chi connectivity index (χ1) is 16.1. The minimum absolute atomic E-state index is 0.275. The summed E-state index contributed by atoms with van der Waals surface area (Å²) in [6.45, 7) is 2.91. The van der Waals surface area contributed by atoms with Crippen molar-refractivity contribution < 1.29 is 4.79 Å². The van der Waals surface area contributed by atoms with Crippen molar-refractivity contribution >= 4 is 17.8 Å². The number of nitriles is 1. The van der Waals surface area contributed by atoms with E-state index in [1.807, 2.05) is 66.3 Å². The van der Waals surface area contributed by atoms with E-state index in [9.17, 15) is 4.79 Å². The van der Waals surface area contributed by atoms with Crippen LogP contribution in [-0.4, -0.2) is 25.5 Å². The lowest BCUT2D eigenvalue weighted by atomic mass is 10.1. The highest BCUT2D eigenvalue weighted by Crippen LogP contribution is 2.23. The molecule has 0 spiro atoms. The minimum atomic E-state index is -0.275. The van der Waals surface area contributed by atoms with Crippen LogP contribution in [0.4, 0.5) is 5.82 Å². The van der Waals surface area contributed by atoms with Crippen molar-refractivity contribution in [2.45, 2.75) is 26.4 Å². The Morgan fingerprint density at radius 1 is 1.09 bits per heavy atom. The fourth-order valence-electron chi connectivity index (χ4n) is 3.54. The number of nitrogens with one attached hydrogen (secondary N) is 1. The van der Waals surface area contributed by atoms with Gasteiger partial charge >= 0.3 is 0 Å². The van der Waals surface area contributed by atoms with Crippen molar-refractivity contribution in [2.24, 2.45) is 0 Å². The van der Waals surface area contributed by atoms with Gasteiger partial charge in [-0.25, -0.2) is 4.68 Å². The SMILES string of the molecule is Cc1cc(NC(=O)/C=C/c2cn(Cc3ccccc3)nc2-c2ccccc2)n(CCC#N)n1. The monoisotopic (exact) mass is 436 g/mol. The van der Waals surface area contributed by atoms with Crippen LogP contribution in [0.5, 0.6) is 0 Å². The molecule has 0 atom stereocenters. The normalized spacial score (nSPS) is 10.9. The Kier molecular flexibility index (Phi) is 6.76. The first kappa shape index (κ1) is 21.8. The van der Waals surface area contributed by atoms with Gasteiger partial charge < -0.3 is 5.32 Å². The Morgan fingerprint density at radius 3 is 2.55 bits per heavy atom. The van der Waals surface area contributed by atoms with Crippen molar-refractivity contribution in [2.75, 3.05) is 5.32 Å². The number of carbonyl (C=O) groups excluding carboxylic acids is 1. The van der Waals surface area contributed by atoms with Gasteiger partial charge in [-0.15, -0.1) is 0 Å². The fraction of sp³-hybridized carbons (Fsp3) is 0.154. The van der Waals surface area contributed by atoms with Gasteiger partial charge in [0, 0.05) is 29.5 Å². The zero-order valence-electron chi connectivity index (χ0n) is 18.3. The van der Waals surface area contributed by atoms with E-state index >= 15 is 0 Å². The van der Waals surface area contributed by atoms with Crippen LogP contribution in [0, 0.1) is 18.3 Å². The fourth-order valence-corrected chi connectivity index (χ4v) is 3.54. The van der Waals surface area contributed by atoms with Gasteiger partial charge in [-0.2, -0.15) is 15.5 Å². The number of aromatic nitrogens is 4. The number of rotatable bonds is 8. The zero-order chi connectivity index (χ0) is 23.0. The molecule has 4 rings (SSSR count). The molecule has 0 aliphatic rings. The van der Waals surface area contributed by atoms with Crippen molar-refractivity contribution in [3.63, 3.8) is 0 Å². The molecule has 0 aliphatic carbocycles. The molecular formula is C26H24N6O. The molecule has 0 aliphatic heterocycles. The molecular weight excluding hydrogens is 412 g/mol. The molecule has 4 aromatic rings. The van der Waals surface area contributed by atoms with Crippen LogP contribution in [-0.2, 0) is 17.9 Å². The molecule has 0 radical (unpaired) electrons. The highest BCUT2D eigenvalue weighted by atomic mass is 16.1. The molecule has 7 nitrogen and oxygen atoms in total. The predicted molar refractivity (Wildman–Crippen MR) is 128 cm³/mol. The molecule has 0 bridgehead atoms. The summed E-state index contributed by atoms with van der Waals surface area (Å²) in [4.78, 5) is 12.6. The minimum Gasteiger partial charge on any atom is -0.307 e. The Morgan fingerprint density at radius 2 is 1.82 bits per heavy atom. The highest BCUT2D eigenvalue weighted by molar-refractivity contribution is 6.01. The van der Waals surface area contributed by atoms with Gasteiger partial charge in [0.2, 0.25) is 5.91 Å². The van der Waals surface area contributed by atoms with E-state index in [-0.39, 0.29) is 5.91 Å². The van der Waals surface area contributed by atoms with Crippen molar-refractivity contribution in [1.29, 1.82) is 5.26 Å². The topological polar surface area (TPSA) is 88.5 Å². The van der Waals surface area contributed by atoms with Gasteiger partial charge in [-0.1, -0.05) is 60.7 Å². The first-order valence-electron chi connectivity index (χ1n) is 10.7. The maximum Gasteiger partial charge on any atom is 0.249 e. The second-order valence-electron chi connectivity index (χ2n) is 7.61. The molecule has 164 valence electrons. The van der Waals surface area contributed by atoms with E-state index in [0.717, 1.165) is 28.1 Å². The summed E-state index contributed by atoms with van der Waals surface area (Å²) in [5, 5.41) is 20.8. The van der Waals surface area contributed by atoms with E-state index in [0.29, 0.717) is 25.3 Å². The van der Waals surface area contributed by atoms with E-state index in [4.69, 9.17) is 10.4 Å². The third kappa shape index (κ3) is 5.63.